The van der Waals surface area contributed by atoms with Crippen LogP contribution >= 0.6 is 0 Å². The van der Waals surface area contributed by atoms with Crippen molar-refractivity contribution >= 4 is 17.0 Å². The first-order chi connectivity index (χ1) is 8.79. The topological polar surface area (TPSA) is 15.8 Å². The van der Waals surface area contributed by atoms with Crippen LogP contribution in [0.5, 0.6) is 0 Å². The highest BCUT2D eigenvalue weighted by Crippen LogP contribution is 2.32. The van der Waals surface area contributed by atoms with E-state index in [1.165, 1.54) is 29.5 Å². The standard InChI is InChI=1S/C16H18FN/c1-2-3-6-11-9-12(17)10-15-16(11)13-7-4-5-8-14(13)18-15/h3,6,9-10,18H,2,4-5,7-8H2,1H3/b6-3+. The average Bonchev–Trinajstić information content (AvgIpc) is 2.73. The Morgan fingerprint density at radius 3 is 2.94 bits per heavy atom. The van der Waals surface area contributed by atoms with Gasteiger partial charge in [-0.2, -0.15) is 0 Å². The number of nitrogens with one attached hydrogen (secondary N) is 1. The van der Waals surface area contributed by atoms with Gasteiger partial charge in [-0.3, -0.25) is 0 Å². The summed E-state index contributed by atoms with van der Waals surface area (Å²) < 4.78 is 13.6. The minimum Gasteiger partial charge on any atom is -0.358 e. The van der Waals surface area contributed by atoms with Crippen LogP contribution in [-0.4, -0.2) is 4.98 Å². The third-order valence-corrected chi connectivity index (χ3v) is 3.72. The number of H-pyrrole nitrogens is 1. The molecule has 18 heavy (non-hydrogen) atoms. The summed E-state index contributed by atoms with van der Waals surface area (Å²) in [5.41, 5.74) is 4.70. The van der Waals surface area contributed by atoms with E-state index in [1.54, 1.807) is 12.1 Å². The van der Waals surface area contributed by atoms with Crippen LogP contribution in [0, 0.1) is 5.82 Å². The predicted octanol–water partition coefficient (Wildman–Crippen LogP) is 4.61. The summed E-state index contributed by atoms with van der Waals surface area (Å²) >= 11 is 0. The molecule has 1 aromatic carbocycles. The lowest BCUT2D eigenvalue weighted by atomic mass is 9.93. The first-order valence-electron chi connectivity index (χ1n) is 6.79. The van der Waals surface area contributed by atoms with E-state index >= 15 is 0 Å². The largest absolute Gasteiger partial charge is 0.358 e. The zero-order valence-corrected chi connectivity index (χ0v) is 10.7. The van der Waals surface area contributed by atoms with Gasteiger partial charge in [-0.05, 0) is 55.4 Å². The van der Waals surface area contributed by atoms with Crippen LogP contribution in [0.15, 0.2) is 18.2 Å². The van der Waals surface area contributed by atoms with Crippen LogP contribution in [0.3, 0.4) is 0 Å². The summed E-state index contributed by atoms with van der Waals surface area (Å²) in [5, 5.41) is 1.23. The second kappa shape index (κ2) is 4.60. The van der Waals surface area contributed by atoms with Gasteiger partial charge in [0.15, 0.2) is 0 Å². The number of hydrogen-bond acceptors (Lipinski definition) is 0. The maximum Gasteiger partial charge on any atom is 0.125 e. The highest BCUT2D eigenvalue weighted by Gasteiger charge is 2.17. The number of aryl methyl sites for hydroxylation is 2. The van der Waals surface area contributed by atoms with Crippen LogP contribution in [0.1, 0.15) is 43.0 Å². The molecule has 1 nitrogen and oxygen atoms in total. The Hall–Kier alpha value is -1.57. The van der Waals surface area contributed by atoms with E-state index in [2.05, 4.69) is 18.0 Å². The second-order valence-electron chi connectivity index (χ2n) is 5.02. The van der Waals surface area contributed by atoms with Gasteiger partial charge in [0, 0.05) is 16.6 Å². The molecule has 1 N–H and O–H groups in total. The van der Waals surface area contributed by atoms with Crippen molar-refractivity contribution < 1.29 is 4.39 Å². The van der Waals surface area contributed by atoms with E-state index < -0.39 is 0 Å². The Morgan fingerprint density at radius 2 is 2.11 bits per heavy atom. The lowest BCUT2D eigenvalue weighted by Crippen LogP contribution is -2.00. The predicted molar refractivity (Wildman–Crippen MR) is 74.2 cm³/mol. The zero-order valence-electron chi connectivity index (χ0n) is 10.7. The number of aromatic nitrogens is 1. The highest BCUT2D eigenvalue weighted by atomic mass is 19.1. The van der Waals surface area contributed by atoms with Gasteiger partial charge in [-0.25, -0.2) is 4.39 Å². The number of aromatic amines is 1. The summed E-state index contributed by atoms with van der Waals surface area (Å²) in [6.45, 7) is 2.10. The SMILES string of the molecule is CC/C=C/c1cc(F)cc2[nH]c3c(c12)CCCC3. The summed E-state index contributed by atoms with van der Waals surface area (Å²) in [5.74, 6) is -0.156. The number of fused-ring (bicyclic) bond motifs is 3. The van der Waals surface area contributed by atoms with Gasteiger partial charge >= 0.3 is 0 Å². The molecule has 0 aliphatic heterocycles. The van der Waals surface area contributed by atoms with Crippen molar-refractivity contribution in [2.75, 3.05) is 0 Å². The molecule has 0 atom stereocenters. The van der Waals surface area contributed by atoms with Crippen molar-refractivity contribution in [2.24, 2.45) is 0 Å². The van der Waals surface area contributed by atoms with E-state index in [0.717, 1.165) is 30.3 Å². The molecule has 0 fully saturated rings. The summed E-state index contributed by atoms with van der Waals surface area (Å²) in [4.78, 5) is 3.40. The number of benzene rings is 1. The van der Waals surface area contributed by atoms with E-state index in [0.29, 0.717) is 0 Å². The van der Waals surface area contributed by atoms with Crippen molar-refractivity contribution in [1.82, 2.24) is 4.98 Å². The quantitative estimate of drug-likeness (QED) is 0.792. The van der Waals surface area contributed by atoms with E-state index in [-0.39, 0.29) is 5.82 Å². The number of hydrogen-bond donors (Lipinski definition) is 1. The van der Waals surface area contributed by atoms with E-state index in [1.807, 2.05) is 6.08 Å². The average molecular weight is 243 g/mol. The van der Waals surface area contributed by atoms with Crippen LogP contribution in [0.2, 0.25) is 0 Å². The minimum absolute atomic E-state index is 0.156. The molecule has 0 saturated carbocycles. The lowest BCUT2D eigenvalue weighted by molar-refractivity contribution is 0.629. The summed E-state index contributed by atoms with van der Waals surface area (Å²) in [6, 6.07) is 3.27. The molecule has 1 aliphatic carbocycles. The van der Waals surface area contributed by atoms with Gasteiger partial charge in [-0.1, -0.05) is 19.1 Å². The number of halogens is 1. The molecule has 3 rings (SSSR count). The van der Waals surface area contributed by atoms with E-state index in [4.69, 9.17) is 0 Å². The molecule has 2 heteroatoms. The van der Waals surface area contributed by atoms with Gasteiger partial charge in [-0.15, -0.1) is 0 Å². The molecule has 1 heterocycles. The van der Waals surface area contributed by atoms with Crippen LogP contribution in [-0.2, 0) is 12.8 Å². The molecule has 0 unspecified atom stereocenters. The highest BCUT2D eigenvalue weighted by molar-refractivity contribution is 5.93. The monoisotopic (exact) mass is 243 g/mol. The molecule has 0 radical (unpaired) electrons. The van der Waals surface area contributed by atoms with E-state index in [9.17, 15) is 4.39 Å². The fourth-order valence-corrected chi connectivity index (χ4v) is 2.92. The molecular formula is C16H18FN. The summed E-state index contributed by atoms with van der Waals surface area (Å²) in [7, 11) is 0. The fourth-order valence-electron chi connectivity index (χ4n) is 2.92. The first-order valence-corrected chi connectivity index (χ1v) is 6.79. The molecular weight excluding hydrogens is 225 g/mol. The Balaban J connectivity index is 2.26. The van der Waals surface area contributed by atoms with Crippen molar-refractivity contribution in [3.8, 4) is 0 Å². The van der Waals surface area contributed by atoms with Gasteiger partial charge in [0.25, 0.3) is 0 Å². The molecule has 0 saturated heterocycles. The van der Waals surface area contributed by atoms with Crippen LogP contribution in [0.4, 0.5) is 4.39 Å². The smallest absolute Gasteiger partial charge is 0.125 e. The first kappa shape index (κ1) is 11.5. The normalized spacial score (nSPS) is 15.4. The molecule has 94 valence electrons. The Kier molecular flexibility index (Phi) is 2.94. The number of rotatable bonds is 2. The maximum atomic E-state index is 13.6. The summed E-state index contributed by atoms with van der Waals surface area (Å²) in [6.07, 6.45) is 9.82. The van der Waals surface area contributed by atoms with Crippen molar-refractivity contribution in [3.05, 3.63) is 40.8 Å². The van der Waals surface area contributed by atoms with Gasteiger partial charge < -0.3 is 4.98 Å². The Labute approximate surface area is 107 Å². The molecule has 1 aliphatic rings. The van der Waals surface area contributed by atoms with Gasteiger partial charge in [0.1, 0.15) is 5.82 Å². The minimum atomic E-state index is -0.156. The molecule has 0 bridgehead atoms. The number of allylic oxidation sites excluding steroid dienone is 1. The van der Waals surface area contributed by atoms with Crippen molar-refractivity contribution in [3.63, 3.8) is 0 Å². The molecule has 2 aromatic rings. The lowest BCUT2D eigenvalue weighted by Gasteiger charge is -2.11. The Morgan fingerprint density at radius 1 is 1.28 bits per heavy atom. The molecule has 0 amide bonds. The van der Waals surface area contributed by atoms with Gasteiger partial charge in [0.2, 0.25) is 0 Å². The molecule has 1 aromatic heterocycles. The fraction of sp³-hybridized carbons (Fsp3) is 0.375. The van der Waals surface area contributed by atoms with Crippen LogP contribution in [0.25, 0.3) is 17.0 Å². The Bertz CT molecular complexity index is 607. The van der Waals surface area contributed by atoms with Gasteiger partial charge in [0.05, 0.1) is 0 Å². The van der Waals surface area contributed by atoms with Crippen molar-refractivity contribution in [2.45, 2.75) is 39.0 Å². The zero-order chi connectivity index (χ0) is 12.5. The third-order valence-electron chi connectivity index (χ3n) is 3.72. The second-order valence-corrected chi connectivity index (χ2v) is 5.02. The van der Waals surface area contributed by atoms with Crippen LogP contribution < -0.4 is 0 Å². The molecule has 0 spiro atoms. The maximum absolute atomic E-state index is 13.6. The third kappa shape index (κ3) is 1.86. The van der Waals surface area contributed by atoms with Crippen molar-refractivity contribution in [1.29, 1.82) is 0 Å².